The number of hydrogen-bond donors (Lipinski definition) is 0. The maximum Gasteiger partial charge on any atom is 0.330 e. The maximum absolute atomic E-state index is 10.8. The van der Waals surface area contributed by atoms with Crippen molar-refractivity contribution in [1.82, 2.24) is 15.0 Å². The first-order valence-electron chi connectivity index (χ1n) is 5.39. The molecular weight excluding hydrogens is 206 g/mol. The lowest BCUT2D eigenvalue weighted by Crippen LogP contribution is -1.96. The van der Waals surface area contributed by atoms with Crippen LogP contribution in [0.3, 0.4) is 0 Å². The number of allylic oxidation sites excluding steroid dienone is 1. The third kappa shape index (κ3) is 4.25. The molecule has 1 heterocycles. The summed E-state index contributed by atoms with van der Waals surface area (Å²) in [4.78, 5) is 10.8. The van der Waals surface area contributed by atoms with Crippen LogP contribution in [0.2, 0.25) is 0 Å². The van der Waals surface area contributed by atoms with E-state index in [-0.39, 0.29) is 5.97 Å². The van der Waals surface area contributed by atoms with E-state index in [2.05, 4.69) is 22.0 Å². The van der Waals surface area contributed by atoms with Gasteiger partial charge in [0, 0.05) is 18.8 Å². The number of hydrogen-bond acceptors (Lipinski definition) is 4. The van der Waals surface area contributed by atoms with Crippen molar-refractivity contribution in [2.45, 2.75) is 32.7 Å². The van der Waals surface area contributed by atoms with Crippen molar-refractivity contribution in [3.8, 4) is 0 Å². The van der Waals surface area contributed by atoms with Crippen molar-refractivity contribution in [2.24, 2.45) is 0 Å². The van der Waals surface area contributed by atoms with Crippen LogP contribution in [-0.2, 0) is 22.5 Å². The van der Waals surface area contributed by atoms with E-state index in [9.17, 15) is 4.79 Å². The average molecular weight is 223 g/mol. The highest BCUT2D eigenvalue weighted by molar-refractivity contribution is 5.81. The summed E-state index contributed by atoms with van der Waals surface area (Å²) < 4.78 is 6.31. The molecule has 0 fully saturated rings. The van der Waals surface area contributed by atoms with Gasteiger partial charge in [-0.2, -0.15) is 0 Å². The lowest BCUT2D eigenvalue weighted by molar-refractivity contribution is -0.134. The number of aryl methyl sites for hydroxylation is 2. The highest BCUT2D eigenvalue weighted by Gasteiger charge is 1.98. The first kappa shape index (κ1) is 12.4. The summed E-state index contributed by atoms with van der Waals surface area (Å²) in [7, 11) is 1.36. The molecular formula is C11H17N3O2. The Kier molecular flexibility index (Phi) is 5.25. The second kappa shape index (κ2) is 6.76. The van der Waals surface area contributed by atoms with Crippen LogP contribution < -0.4 is 0 Å². The minimum Gasteiger partial charge on any atom is -0.466 e. The molecule has 0 aromatic carbocycles. The molecule has 0 spiro atoms. The molecule has 0 aliphatic carbocycles. The van der Waals surface area contributed by atoms with E-state index in [1.165, 1.54) is 13.2 Å². The number of methoxy groups -OCH3 is 1. The predicted molar refractivity (Wildman–Crippen MR) is 59.8 cm³/mol. The smallest absolute Gasteiger partial charge is 0.330 e. The van der Waals surface area contributed by atoms with Crippen LogP contribution in [-0.4, -0.2) is 28.1 Å². The fraction of sp³-hybridized carbons (Fsp3) is 0.545. The lowest BCUT2D eigenvalue weighted by atomic mass is 10.2. The van der Waals surface area contributed by atoms with Crippen LogP contribution in [0.4, 0.5) is 0 Å². The fourth-order valence-electron chi connectivity index (χ4n) is 1.27. The Balaban J connectivity index is 2.31. The lowest BCUT2D eigenvalue weighted by Gasteiger charge is -1.93. The summed E-state index contributed by atoms with van der Waals surface area (Å²) in [6.07, 6.45) is 7.75. The van der Waals surface area contributed by atoms with Gasteiger partial charge in [0.2, 0.25) is 0 Å². The van der Waals surface area contributed by atoms with Gasteiger partial charge in [-0.05, 0) is 19.3 Å². The minimum absolute atomic E-state index is 0.324. The summed E-state index contributed by atoms with van der Waals surface area (Å²) in [5, 5.41) is 8.02. The molecule has 1 aromatic rings. The number of carbonyl (C=O) groups excluding carboxylic acids is 1. The van der Waals surface area contributed by atoms with Gasteiger partial charge in [-0.3, -0.25) is 4.68 Å². The number of ether oxygens (including phenoxy) is 1. The van der Waals surface area contributed by atoms with Crippen molar-refractivity contribution in [1.29, 1.82) is 0 Å². The molecule has 0 radical (unpaired) electrons. The Labute approximate surface area is 95.1 Å². The monoisotopic (exact) mass is 223 g/mol. The zero-order valence-electron chi connectivity index (χ0n) is 9.72. The molecule has 5 heteroatoms. The van der Waals surface area contributed by atoms with Gasteiger partial charge in [0.05, 0.1) is 12.8 Å². The van der Waals surface area contributed by atoms with E-state index in [1.807, 2.05) is 10.9 Å². The molecule has 0 aliphatic heterocycles. The van der Waals surface area contributed by atoms with Crippen molar-refractivity contribution in [3.05, 3.63) is 24.0 Å². The first-order valence-corrected chi connectivity index (χ1v) is 5.39. The molecule has 0 aliphatic rings. The second-order valence-corrected chi connectivity index (χ2v) is 3.44. The highest BCUT2D eigenvalue weighted by atomic mass is 16.5. The Hall–Kier alpha value is -1.65. The van der Waals surface area contributed by atoms with Crippen molar-refractivity contribution in [2.75, 3.05) is 7.11 Å². The van der Waals surface area contributed by atoms with Crippen LogP contribution in [0.15, 0.2) is 18.3 Å². The molecule has 0 saturated carbocycles. The number of aromatic nitrogens is 3. The molecule has 0 N–H and O–H groups in total. The summed E-state index contributed by atoms with van der Waals surface area (Å²) in [5.41, 5.74) is 0.947. The number of rotatable bonds is 6. The molecule has 88 valence electrons. The number of carbonyl (C=O) groups is 1. The zero-order chi connectivity index (χ0) is 11.8. The molecule has 16 heavy (non-hydrogen) atoms. The molecule has 0 saturated heterocycles. The molecule has 5 nitrogen and oxygen atoms in total. The molecule has 0 atom stereocenters. The van der Waals surface area contributed by atoms with E-state index >= 15 is 0 Å². The van der Waals surface area contributed by atoms with E-state index < -0.39 is 0 Å². The maximum atomic E-state index is 10.8. The second-order valence-electron chi connectivity index (χ2n) is 3.44. The summed E-state index contributed by atoms with van der Waals surface area (Å²) in [5.74, 6) is -0.324. The van der Waals surface area contributed by atoms with Gasteiger partial charge < -0.3 is 4.74 Å². The van der Waals surface area contributed by atoms with Gasteiger partial charge in [-0.25, -0.2) is 4.79 Å². The minimum atomic E-state index is -0.324. The molecule has 0 amide bonds. The van der Waals surface area contributed by atoms with Gasteiger partial charge in [0.25, 0.3) is 0 Å². The Morgan fingerprint density at radius 1 is 1.62 bits per heavy atom. The predicted octanol–water partition coefficient (Wildman–Crippen LogP) is 1.35. The van der Waals surface area contributed by atoms with E-state index in [1.54, 1.807) is 6.08 Å². The van der Waals surface area contributed by atoms with Gasteiger partial charge in [0.15, 0.2) is 0 Å². The van der Waals surface area contributed by atoms with Crippen molar-refractivity contribution < 1.29 is 9.53 Å². The fourth-order valence-corrected chi connectivity index (χ4v) is 1.27. The zero-order valence-corrected chi connectivity index (χ0v) is 9.72. The molecule has 0 bridgehead atoms. The number of esters is 1. The Morgan fingerprint density at radius 2 is 2.44 bits per heavy atom. The normalized spacial score (nSPS) is 10.9. The topological polar surface area (TPSA) is 57.0 Å². The van der Waals surface area contributed by atoms with Gasteiger partial charge in [0.1, 0.15) is 0 Å². The Morgan fingerprint density at radius 3 is 3.12 bits per heavy atom. The van der Waals surface area contributed by atoms with Crippen molar-refractivity contribution in [3.63, 3.8) is 0 Å². The van der Waals surface area contributed by atoms with Crippen LogP contribution >= 0.6 is 0 Å². The number of nitrogens with zero attached hydrogens (tertiary/aromatic N) is 3. The third-order valence-electron chi connectivity index (χ3n) is 2.06. The first-order chi connectivity index (χ1) is 7.76. The molecule has 1 aromatic heterocycles. The highest BCUT2D eigenvalue weighted by Crippen LogP contribution is 1.99. The average Bonchev–Trinajstić information content (AvgIpc) is 2.72. The van der Waals surface area contributed by atoms with Crippen LogP contribution in [0.25, 0.3) is 0 Å². The van der Waals surface area contributed by atoms with Gasteiger partial charge in [-0.1, -0.05) is 18.2 Å². The third-order valence-corrected chi connectivity index (χ3v) is 2.06. The van der Waals surface area contributed by atoms with Gasteiger partial charge >= 0.3 is 5.97 Å². The van der Waals surface area contributed by atoms with Gasteiger partial charge in [-0.15, -0.1) is 5.10 Å². The van der Waals surface area contributed by atoms with Crippen LogP contribution in [0.5, 0.6) is 0 Å². The van der Waals surface area contributed by atoms with Crippen molar-refractivity contribution >= 4 is 5.97 Å². The van der Waals surface area contributed by atoms with Crippen LogP contribution in [0, 0.1) is 0 Å². The largest absolute Gasteiger partial charge is 0.466 e. The summed E-state index contributed by atoms with van der Waals surface area (Å²) >= 11 is 0. The van der Waals surface area contributed by atoms with Crippen LogP contribution in [0.1, 0.15) is 25.5 Å². The quantitative estimate of drug-likeness (QED) is 0.539. The summed E-state index contributed by atoms with van der Waals surface area (Å²) in [6, 6.07) is 0. The van der Waals surface area contributed by atoms with E-state index in [0.717, 1.165) is 31.5 Å². The Bertz CT molecular complexity index is 358. The van der Waals surface area contributed by atoms with E-state index in [0.29, 0.717) is 0 Å². The molecule has 1 rings (SSSR count). The SMILES string of the molecule is CCCn1cc(CC/C=C/C(=O)OC)nn1. The standard InChI is InChI=1S/C11H17N3O2/c1-3-8-14-9-10(12-13-14)6-4-5-7-11(15)16-2/h5,7,9H,3-4,6,8H2,1-2H3/b7-5+. The molecule has 0 unspecified atom stereocenters. The summed E-state index contributed by atoms with van der Waals surface area (Å²) in [6.45, 7) is 2.99. The van der Waals surface area contributed by atoms with E-state index in [4.69, 9.17) is 0 Å².